The maximum atomic E-state index is 13.8. The lowest BCUT2D eigenvalue weighted by atomic mass is 9.91. The zero-order valence-electron chi connectivity index (χ0n) is 37.4. The monoisotopic (exact) mass is 904 g/mol. The second-order valence-electron chi connectivity index (χ2n) is 19.9. The molecule has 17 nitrogen and oxygen atoms in total. The zero-order chi connectivity index (χ0) is 44.5. The van der Waals surface area contributed by atoms with Gasteiger partial charge in [0.05, 0.1) is 28.8 Å². The summed E-state index contributed by atoms with van der Waals surface area (Å²) in [5.41, 5.74) is 7.72. The van der Waals surface area contributed by atoms with Crippen LogP contribution < -0.4 is 36.6 Å². The van der Waals surface area contributed by atoms with Crippen molar-refractivity contribution < 1.29 is 28.8 Å². The van der Waals surface area contributed by atoms with Gasteiger partial charge in [0.2, 0.25) is 23.6 Å². The second kappa shape index (κ2) is 20.1. The Morgan fingerprint density at radius 2 is 1.59 bits per heavy atom. The van der Waals surface area contributed by atoms with Gasteiger partial charge in [-0.25, -0.2) is 0 Å². The van der Waals surface area contributed by atoms with E-state index in [1.54, 1.807) is 24.1 Å². The molecular formula is C46H69N11O6S. The number of primary amides is 1. The summed E-state index contributed by atoms with van der Waals surface area (Å²) in [6, 6.07) is 4.79. The van der Waals surface area contributed by atoms with Crippen molar-refractivity contribution in [3.63, 3.8) is 0 Å². The molecule has 7 atom stereocenters. The molecule has 350 valence electrons. The van der Waals surface area contributed by atoms with Gasteiger partial charge in [-0.3, -0.25) is 64.1 Å². The van der Waals surface area contributed by atoms with Crippen LogP contribution in [0.15, 0.2) is 18.2 Å². The van der Waals surface area contributed by atoms with E-state index in [1.807, 2.05) is 6.07 Å². The van der Waals surface area contributed by atoms with E-state index < -0.39 is 29.8 Å². The number of hydrogen-bond acceptors (Lipinski definition) is 14. The molecule has 8 aliphatic rings. The van der Waals surface area contributed by atoms with Crippen LogP contribution >= 0.6 is 11.9 Å². The molecule has 7 N–H and O–H groups in total. The summed E-state index contributed by atoms with van der Waals surface area (Å²) < 4.78 is 3.47. The SMILES string of the molecule is CC1CC(NC2NC(N3CCC[C@@H](NC(=O)C4CCN(CC5CCN(c6ccc7c(c6)C(=O)N([C@H]6CCC(=O)NC6=O)C7=O)CC5)CC4)C3)CN(C3CCCCCC3)C2C(N)=O)SN1. The maximum absolute atomic E-state index is 13.8. The lowest BCUT2D eigenvalue weighted by Crippen LogP contribution is -2.75. The number of nitrogens with one attached hydrogen (secondary N) is 5. The standard InChI is InChI=1S/C46H69N11O6S/c1-28-23-39(64-52-28)51-42-40(41(47)59)56(32-8-4-2-3-5-9-32)27-37(49-42)55-18-6-7-31(26-55)48-43(60)30-16-19-53(20-17-30)25-29-14-21-54(22-15-29)33-10-11-34-35(24-33)46(63)57(45(34)62)36-12-13-38(58)50-44(36)61/h10-11,24,28-32,36-37,39-40,42,49,51-52H,2-9,12-23,25-27H2,1H3,(H2,47,59)(H,48,60)(H,50,58,61)/t28?,31-,36+,37?,39?,40?,42?/m1/s1. The molecular weight excluding hydrogens is 835 g/mol. The van der Waals surface area contributed by atoms with Gasteiger partial charge >= 0.3 is 0 Å². The highest BCUT2D eigenvalue weighted by molar-refractivity contribution is 7.98. The molecule has 1 aliphatic carbocycles. The molecule has 18 heteroatoms. The number of carbonyl (C=O) groups is 6. The number of nitrogens with zero attached hydrogens (tertiary/aromatic N) is 5. The van der Waals surface area contributed by atoms with Crippen LogP contribution in [-0.2, 0) is 19.2 Å². The van der Waals surface area contributed by atoms with Crippen LogP contribution in [0, 0.1) is 11.8 Å². The molecule has 0 bridgehead atoms. The first-order valence-electron chi connectivity index (χ1n) is 24.3. The third-order valence-electron chi connectivity index (χ3n) is 15.5. The fourth-order valence-corrected chi connectivity index (χ4v) is 13.0. The van der Waals surface area contributed by atoms with Crippen molar-refractivity contribution in [1.82, 2.24) is 45.6 Å². The van der Waals surface area contributed by atoms with E-state index in [9.17, 15) is 28.8 Å². The Labute approximate surface area is 381 Å². The minimum absolute atomic E-state index is 0.0112. The van der Waals surface area contributed by atoms with Crippen LogP contribution in [0.1, 0.15) is 124 Å². The largest absolute Gasteiger partial charge is 0.371 e. The van der Waals surface area contributed by atoms with Crippen LogP contribution in [0.3, 0.4) is 0 Å². The van der Waals surface area contributed by atoms with Crippen molar-refractivity contribution in [2.24, 2.45) is 17.6 Å². The van der Waals surface area contributed by atoms with Gasteiger partial charge in [0.1, 0.15) is 12.1 Å². The first-order chi connectivity index (χ1) is 31.0. The Morgan fingerprint density at radius 3 is 2.30 bits per heavy atom. The molecule has 64 heavy (non-hydrogen) atoms. The van der Waals surface area contributed by atoms with Crippen LogP contribution in [0.5, 0.6) is 0 Å². The number of piperazine rings is 1. The number of carbonyl (C=O) groups excluding carboxylic acids is 6. The van der Waals surface area contributed by atoms with E-state index >= 15 is 0 Å². The number of imide groups is 2. The third-order valence-corrected chi connectivity index (χ3v) is 16.6. The van der Waals surface area contributed by atoms with E-state index in [2.05, 4.69) is 52.5 Å². The van der Waals surface area contributed by atoms with Gasteiger partial charge in [-0.05, 0) is 115 Å². The minimum atomic E-state index is -0.974. The van der Waals surface area contributed by atoms with Crippen molar-refractivity contribution in [3.05, 3.63) is 29.3 Å². The van der Waals surface area contributed by atoms with E-state index in [0.717, 1.165) is 121 Å². The van der Waals surface area contributed by atoms with Crippen molar-refractivity contribution in [3.8, 4) is 0 Å². The van der Waals surface area contributed by atoms with Crippen LogP contribution in [0.25, 0.3) is 0 Å². The van der Waals surface area contributed by atoms with Crippen molar-refractivity contribution >= 4 is 53.1 Å². The molecule has 7 aliphatic heterocycles. The molecule has 0 radical (unpaired) electrons. The Bertz CT molecular complexity index is 1920. The molecule has 7 heterocycles. The predicted molar refractivity (Wildman–Crippen MR) is 244 cm³/mol. The third kappa shape index (κ3) is 10.0. The Hall–Kier alpha value is -3.65. The van der Waals surface area contributed by atoms with Crippen molar-refractivity contribution in [2.75, 3.05) is 57.3 Å². The smallest absolute Gasteiger partial charge is 0.262 e. The van der Waals surface area contributed by atoms with Crippen molar-refractivity contribution in [1.29, 1.82) is 0 Å². The number of likely N-dealkylation sites (tertiary alicyclic amines) is 2. The molecule has 5 unspecified atom stereocenters. The van der Waals surface area contributed by atoms with Crippen LogP contribution in [-0.4, -0.2) is 155 Å². The highest BCUT2D eigenvalue weighted by Gasteiger charge is 2.47. The molecule has 6 amide bonds. The summed E-state index contributed by atoms with van der Waals surface area (Å²) in [7, 11) is 0. The van der Waals surface area contributed by atoms with Gasteiger partial charge in [0.15, 0.2) is 0 Å². The first-order valence-corrected chi connectivity index (χ1v) is 25.2. The topological polar surface area (TPSA) is 205 Å². The summed E-state index contributed by atoms with van der Waals surface area (Å²) in [5, 5.41) is 13.6. The number of piperidine rings is 4. The molecule has 0 spiro atoms. The first kappa shape index (κ1) is 45.5. The van der Waals surface area contributed by atoms with Gasteiger partial charge < -0.3 is 20.9 Å². The highest BCUT2D eigenvalue weighted by atomic mass is 32.2. The number of hydrogen-bond donors (Lipinski definition) is 6. The van der Waals surface area contributed by atoms with Crippen LogP contribution in [0.2, 0.25) is 0 Å². The number of benzene rings is 1. The normalized spacial score (nSPS) is 32.4. The average Bonchev–Trinajstić information content (AvgIpc) is 3.66. The fourth-order valence-electron chi connectivity index (χ4n) is 11.9. The van der Waals surface area contributed by atoms with Crippen LogP contribution in [0.4, 0.5) is 5.69 Å². The van der Waals surface area contributed by atoms with E-state index in [-0.39, 0.29) is 60.2 Å². The van der Waals surface area contributed by atoms with E-state index in [1.165, 1.54) is 25.7 Å². The molecule has 1 aromatic carbocycles. The number of anilines is 1. The van der Waals surface area contributed by atoms with E-state index in [4.69, 9.17) is 5.73 Å². The second-order valence-corrected chi connectivity index (χ2v) is 20.9. The molecule has 1 saturated carbocycles. The average molecular weight is 904 g/mol. The summed E-state index contributed by atoms with van der Waals surface area (Å²) in [5.74, 6) is -1.51. The Balaban J connectivity index is 0.739. The summed E-state index contributed by atoms with van der Waals surface area (Å²) in [6.07, 6.45) is 13.7. The quantitative estimate of drug-likeness (QED) is 0.106. The summed E-state index contributed by atoms with van der Waals surface area (Å²) in [6.45, 7) is 9.16. The van der Waals surface area contributed by atoms with Gasteiger partial charge in [0, 0.05) is 68.9 Å². The van der Waals surface area contributed by atoms with Gasteiger partial charge in [-0.2, -0.15) is 0 Å². The molecule has 0 aromatic heterocycles. The lowest BCUT2D eigenvalue weighted by Gasteiger charge is -2.51. The summed E-state index contributed by atoms with van der Waals surface area (Å²) in [4.78, 5) is 88.5. The predicted octanol–water partition coefficient (Wildman–Crippen LogP) is 1.68. The summed E-state index contributed by atoms with van der Waals surface area (Å²) >= 11 is 1.70. The molecule has 9 rings (SSSR count). The molecule has 7 fully saturated rings. The lowest BCUT2D eigenvalue weighted by molar-refractivity contribution is -0.136. The number of nitrogens with two attached hydrogens (primary N) is 1. The number of rotatable bonds is 11. The number of amides is 6. The Morgan fingerprint density at radius 1 is 0.844 bits per heavy atom. The van der Waals surface area contributed by atoms with Gasteiger partial charge in [0.25, 0.3) is 11.8 Å². The Kier molecular flexibility index (Phi) is 14.3. The van der Waals surface area contributed by atoms with Gasteiger partial charge in [-0.15, -0.1) is 0 Å². The maximum Gasteiger partial charge on any atom is 0.262 e. The molecule has 6 saturated heterocycles. The highest BCUT2D eigenvalue weighted by Crippen LogP contribution is 2.34. The fraction of sp³-hybridized carbons (Fsp3) is 0.739. The van der Waals surface area contributed by atoms with E-state index in [0.29, 0.717) is 29.1 Å². The number of fused-ring (bicyclic) bond motifs is 1. The van der Waals surface area contributed by atoms with Crippen molar-refractivity contribution in [2.45, 2.75) is 151 Å². The minimum Gasteiger partial charge on any atom is -0.371 e. The van der Waals surface area contributed by atoms with Gasteiger partial charge in [-0.1, -0.05) is 37.6 Å². The molecule has 1 aromatic rings. The zero-order valence-corrected chi connectivity index (χ0v) is 38.3.